The fourth-order valence-electron chi connectivity index (χ4n) is 2.79. The van der Waals surface area contributed by atoms with Gasteiger partial charge in [-0.05, 0) is 12.1 Å². The lowest BCUT2D eigenvalue weighted by molar-refractivity contribution is -0.150. The second-order valence-corrected chi connectivity index (χ2v) is 5.72. The molecule has 0 bridgehead atoms. The summed E-state index contributed by atoms with van der Waals surface area (Å²) in [7, 11) is 4.88. The number of anilines is 1. The molecule has 2 heterocycles. The molecule has 24 heavy (non-hydrogen) atoms. The van der Waals surface area contributed by atoms with Gasteiger partial charge in [-0.3, -0.25) is 9.59 Å². The minimum Gasteiger partial charge on any atom is -0.382 e. The number of nitrogens with one attached hydrogen (secondary N) is 2. The summed E-state index contributed by atoms with van der Waals surface area (Å²) in [5, 5.41) is 5.51. The van der Waals surface area contributed by atoms with Crippen LogP contribution in [0.25, 0.3) is 0 Å². The molecule has 2 N–H and O–H groups in total. The van der Waals surface area contributed by atoms with Crippen LogP contribution < -0.4 is 10.6 Å². The number of nitrogens with zero attached hydrogens (tertiary/aromatic N) is 2. The van der Waals surface area contributed by atoms with Crippen LogP contribution in [0.1, 0.15) is 16.8 Å². The summed E-state index contributed by atoms with van der Waals surface area (Å²) >= 11 is 0. The van der Waals surface area contributed by atoms with Crippen molar-refractivity contribution < 1.29 is 19.1 Å². The Kier molecular flexibility index (Phi) is 6.10. The molecule has 1 aromatic heterocycles. The van der Waals surface area contributed by atoms with Crippen molar-refractivity contribution in [3.8, 4) is 0 Å². The van der Waals surface area contributed by atoms with Gasteiger partial charge in [-0.1, -0.05) is 0 Å². The monoisotopic (exact) mass is 336 g/mol. The molecular weight excluding hydrogens is 312 g/mol. The van der Waals surface area contributed by atoms with E-state index in [0.717, 1.165) is 0 Å². The molecule has 1 saturated heterocycles. The van der Waals surface area contributed by atoms with Crippen molar-refractivity contribution in [2.24, 2.45) is 0 Å². The zero-order valence-electron chi connectivity index (χ0n) is 14.3. The van der Waals surface area contributed by atoms with E-state index in [1.165, 1.54) is 0 Å². The molecule has 1 atom stereocenters. The van der Waals surface area contributed by atoms with Gasteiger partial charge in [0.15, 0.2) is 0 Å². The quantitative estimate of drug-likeness (QED) is 0.766. The number of hydrogen-bond donors (Lipinski definition) is 2. The number of amides is 2. The van der Waals surface area contributed by atoms with E-state index >= 15 is 0 Å². The highest BCUT2D eigenvalue weighted by Crippen LogP contribution is 2.24. The van der Waals surface area contributed by atoms with Gasteiger partial charge in [-0.2, -0.15) is 0 Å². The Morgan fingerprint density at radius 3 is 2.92 bits per heavy atom. The Morgan fingerprint density at radius 1 is 1.46 bits per heavy atom. The van der Waals surface area contributed by atoms with Crippen molar-refractivity contribution in [3.05, 3.63) is 23.9 Å². The standard InChI is InChI=1S/C16H24N4O4/c1-17-13-8-12(4-5-19-13)15(22)20-6-7-24-16(10-20,11-23-3)9-14(21)18-2/h4-5,8H,6-7,9-11H2,1-3H3,(H,17,19)(H,18,21)/t16-/m1/s1. The van der Waals surface area contributed by atoms with Gasteiger partial charge >= 0.3 is 0 Å². The largest absolute Gasteiger partial charge is 0.382 e. The number of carbonyl (C=O) groups is 2. The predicted octanol–water partition coefficient (Wildman–Crippen LogP) is 0.117. The predicted molar refractivity (Wildman–Crippen MR) is 88.9 cm³/mol. The molecule has 0 aromatic carbocycles. The second-order valence-electron chi connectivity index (χ2n) is 5.72. The molecule has 0 saturated carbocycles. The maximum Gasteiger partial charge on any atom is 0.254 e. The van der Waals surface area contributed by atoms with Gasteiger partial charge < -0.3 is 25.0 Å². The zero-order valence-corrected chi connectivity index (χ0v) is 14.3. The van der Waals surface area contributed by atoms with Gasteiger partial charge in [0.25, 0.3) is 5.91 Å². The minimum atomic E-state index is -0.832. The van der Waals surface area contributed by atoms with Crippen LogP contribution in [-0.4, -0.2) is 74.8 Å². The third-order valence-corrected chi connectivity index (χ3v) is 3.97. The summed E-state index contributed by atoms with van der Waals surface area (Å²) in [4.78, 5) is 30.4. The number of rotatable bonds is 6. The van der Waals surface area contributed by atoms with Gasteiger partial charge in [-0.15, -0.1) is 0 Å². The summed E-state index contributed by atoms with van der Waals surface area (Å²) in [5.74, 6) is 0.361. The molecule has 132 valence electrons. The molecule has 0 spiro atoms. The number of pyridine rings is 1. The molecule has 1 aliphatic heterocycles. The van der Waals surface area contributed by atoms with Crippen LogP contribution in [0.5, 0.6) is 0 Å². The van der Waals surface area contributed by atoms with E-state index in [1.807, 2.05) is 0 Å². The Labute approximate surface area is 141 Å². The molecule has 1 fully saturated rings. The third-order valence-electron chi connectivity index (χ3n) is 3.97. The van der Waals surface area contributed by atoms with Crippen LogP contribution in [-0.2, 0) is 14.3 Å². The Hall–Kier alpha value is -2.19. The first kappa shape index (κ1) is 18.2. The number of ether oxygens (including phenoxy) is 2. The first-order valence-electron chi connectivity index (χ1n) is 7.80. The first-order chi connectivity index (χ1) is 11.5. The Morgan fingerprint density at radius 2 is 2.25 bits per heavy atom. The molecule has 2 amide bonds. The van der Waals surface area contributed by atoms with E-state index in [0.29, 0.717) is 31.1 Å². The number of carbonyl (C=O) groups excluding carboxylic acids is 2. The van der Waals surface area contributed by atoms with Crippen LogP contribution in [0.4, 0.5) is 5.82 Å². The lowest BCUT2D eigenvalue weighted by Crippen LogP contribution is -2.57. The second kappa shape index (κ2) is 8.07. The minimum absolute atomic E-state index is 0.116. The van der Waals surface area contributed by atoms with Crippen molar-refractivity contribution in [2.45, 2.75) is 12.0 Å². The Bertz CT molecular complexity index is 591. The Balaban J connectivity index is 2.17. The van der Waals surface area contributed by atoms with E-state index < -0.39 is 5.60 Å². The summed E-state index contributed by atoms with van der Waals surface area (Å²) in [5.41, 5.74) is -0.288. The van der Waals surface area contributed by atoms with Crippen LogP contribution in [0, 0.1) is 0 Å². The molecule has 0 radical (unpaired) electrons. The van der Waals surface area contributed by atoms with Gasteiger partial charge in [0.2, 0.25) is 5.91 Å². The molecule has 2 rings (SSSR count). The number of morpholine rings is 1. The molecule has 0 aliphatic carbocycles. The summed E-state index contributed by atoms with van der Waals surface area (Å²) in [6.45, 7) is 1.36. The molecule has 1 aromatic rings. The SMILES string of the molecule is CNC(=O)C[C@]1(COC)CN(C(=O)c2ccnc(NC)c2)CCO1. The fraction of sp³-hybridized carbons (Fsp3) is 0.562. The zero-order chi connectivity index (χ0) is 17.6. The van der Waals surface area contributed by atoms with Gasteiger partial charge in [0.05, 0.1) is 26.2 Å². The van der Waals surface area contributed by atoms with Gasteiger partial charge in [0.1, 0.15) is 11.4 Å². The summed E-state index contributed by atoms with van der Waals surface area (Å²) < 4.78 is 11.1. The van der Waals surface area contributed by atoms with Crippen LogP contribution in [0.3, 0.4) is 0 Å². The van der Waals surface area contributed by atoms with Crippen LogP contribution in [0.15, 0.2) is 18.3 Å². The van der Waals surface area contributed by atoms with E-state index in [-0.39, 0.29) is 24.8 Å². The van der Waals surface area contributed by atoms with E-state index in [2.05, 4.69) is 15.6 Å². The van der Waals surface area contributed by atoms with Crippen molar-refractivity contribution in [3.63, 3.8) is 0 Å². The number of methoxy groups -OCH3 is 1. The smallest absolute Gasteiger partial charge is 0.254 e. The summed E-state index contributed by atoms with van der Waals surface area (Å²) in [6.07, 6.45) is 1.73. The first-order valence-corrected chi connectivity index (χ1v) is 7.80. The molecule has 0 unspecified atom stereocenters. The molecule has 8 heteroatoms. The van der Waals surface area contributed by atoms with E-state index in [1.54, 1.807) is 44.4 Å². The lowest BCUT2D eigenvalue weighted by atomic mass is 9.97. The highest BCUT2D eigenvalue weighted by Gasteiger charge is 2.40. The van der Waals surface area contributed by atoms with Crippen LogP contribution in [0.2, 0.25) is 0 Å². The van der Waals surface area contributed by atoms with Gasteiger partial charge in [-0.25, -0.2) is 4.98 Å². The highest BCUT2D eigenvalue weighted by atomic mass is 16.5. The third kappa shape index (κ3) is 4.21. The van der Waals surface area contributed by atoms with Crippen LogP contribution >= 0.6 is 0 Å². The summed E-state index contributed by atoms with van der Waals surface area (Å²) in [6, 6.07) is 3.38. The number of hydrogen-bond acceptors (Lipinski definition) is 6. The van der Waals surface area contributed by atoms with E-state index in [9.17, 15) is 9.59 Å². The normalized spacial score (nSPS) is 20.5. The molecular formula is C16H24N4O4. The maximum absolute atomic E-state index is 12.8. The molecule has 8 nitrogen and oxygen atoms in total. The average molecular weight is 336 g/mol. The number of aromatic nitrogens is 1. The van der Waals surface area contributed by atoms with Crippen molar-refractivity contribution in [1.29, 1.82) is 0 Å². The van der Waals surface area contributed by atoms with Crippen molar-refractivity contribution in [1.82, 2.24) is 15.2 Å². The van der Waals surface area contributed by atoms with Gasteiger partial charge in [0, 0.05) is 39.5 Å². The topological polar surface area (TPSA) is 92.8 Å². The average Bonchev–Trinajstić information content (AvgIpc) is 2.61. The fourth-order valence-corrected chi connectivity index (χ4v) is 2.79. The molecule has 1 aliphatic rings. The van der Waals surface area contributed by atoms with E-state index in [4.69, 9.17) is 9.47 Å². The highest BCUT2D eigenvalue weighted by molar-refractivity contribution is 5.95. The lowest BCUT2D eigenvalue weighted by Gasteiger charge is -2.42. The van der Waals surface area contributed by atoms with Crippen molar-refractivity contribution >= 4 is 17.6 Å². The van der Waals surface area contributed by atoms with Crippen molar-refractivity contribution in [2.75, 3.05) is 52.8 Å². The maximum atomic E-state index is 12.8.